The van der Waals surface area contributed by atoms with Crippen LogP contribution in [0.1, 0.15) is 18.7 Å². The number of aromatic nitrogens is 2. The van der Waals surface area contributed by atoms with Gasteiger partial charge in [-0.15, -0.1) is 0 Å². The molecule has 2 aliphatic heterocycles. The minimum atomic E-state index is -4.29. The monoisotopic (exact) mass is 334 g/mol. The molecule has 2 fully saturated rings. The third-order valence-corrected chi connectivity index (χ3v) is 4.27. The van der Waals surface area contributed by atoms with Crippen molar-refractivity contribution in [1.29, 1.82) is 0 Å². The van der Waals surface area contributed by atoms with E-state index in [0.717, 1.165) is 0 Å². The van der Waals surface area contributed by atoms with Crippen LogP contribution in [0.3, 0.4) is 0 Å². The molecule has 0 radical (unpaired) electrons. The lowest BCUT2D eigenvalue weighted by atomic mass is 9.95. The summed E-state index contributed by atoms with van der Waals surface area (Å²) in [4.78, 5) is 28.4. The van der Waals surface area contributed by atoms with Crippen LogP contribution in [0.15, 0.2) is 9.32 Å². The van der Waals surface area contributed by atoms with Gasteiger partial charge in [-0.3, -0.25) is 19.2 Å². The van der Waals surface area contributed by atoms with Gasteiger partial charge in [-0.25, -0.2) is 4.79 Å². The molecule has 0 bridgehead atoms. The fraction of sp³-hybridized carbons (Fsp3) is 0.769. The third kappa shape index (κ3) is 3.74. The summed E-state index contributed by atoms with van der Waals surface area (Å²) >= 11 is 0. The first-order valence-electron chi connectivity index (χ1n) is 7.46. The van der Waals surface area contributed by atoms with Gasteiger partial charge in [0.2, 0.25) is 5.91 Å². The summed E-state index contributed by atoms with van der Waals surface area (Å²) in [6.07, 6.45) is -2.75. The number of alkyl halides is 3. The number of hydrogen-bond acceptors (Lipinski definition) is 5. The molecule has 0 saturated carbocycles. The molecule has 10 heteroatoms. The molecule has 0 unspecified atom stereocenters. The molecule has 0 aromatic carbocycles. The Bertz CT molecular complexity index is 620. The van der Waals surface area contributed by atoms with E-state index in [1.807, 2.05) is 0 Å². The molecule has 7 nitrogen and oxygen atoms in total. The second-order valence-electron chi connectivity index (χ2n) is 6.10. The molecule has 128 valence electrons. The van der Waals surface area contributed by atoms with E-state index in [0.29, 0.717) is 44.7 Å². The van der Waals surface area contributed by atoms with Crippen molar-refractivity contribution in [2.45, 2.75) is 31.5 Å². The van der Waals surface area contributed by atoms with Crippen molar-refractivity contribution in [1.82, 2.24) is 19.9 Å². The van der Waals surface area contributed by atoms with Crippen LogP contribution in [0.4, 0.5) is 13.2 Å². The number of nitrogens with zero attached hydrogens (tertiary/aromatic N) is 3. The van der Waals surface area contributed by atoms with Gasteiger partial charge in [-0.2, -0.15) is 13.2 Å². The summed E-state index contributed by atoms with van der Waals surface area (Å²) < 4.78 is 42.0. The highest BCUT2D eigenvalue weighted by Crippen LogP contribution is 2.28. The van der Waals surface area contributed by atoms with Crippen molar-refractivity contribution in [2.75, 3.05) is 26.2 Å². The summed E-state index contributed by atoms with van der Waals surface area (Å²) in [5.74, 6) is -0.304. The number of rotatable bonds is 4. The van der Waals surface area contributed by atoms with Crippen molar-refractivity contribution < 1.29 is 22.5 Å². The molecular formula is C13H17F3N4O3. The lowest BCUT2D eigenvalue weighted by molar-refractivity contribution is -0.157. The molecular weight excluding hydrogens is 317 g/mol. The zero-order chi connectivity index (χ0) is 16.6. The van der Waals surface area contributed by atoms with Crippen molar-refractivity contribution in [2.24, 2.45) is 5.92 Å². The molecule has 1 N–H and O–H groups in total. The van der Waals surface area contributed by atoms with Crippen LogP contribution < -0.4 is 5.76 Å². The number of H-pyrrole nitrogens is 1. The highest BCUT2D eigenvalue weighted by atomic mass is 19.4. The Morgan fingerprint density at radius 2 is 2.13 bits per heavy atom. The molecule has 0 aliphatic carbocycles. The van der Waals surface area contributed by atoms with Crippen molar-refractivity contribution in [3.05, 3.63) is 16.4 Å². The van der Waals surface area contributed by atoms with Crippen molar-refractivity contribution >= 4 is 5.91 Å². The predicted octanol–water partition coefficient (Wildman–Crippen LogP) is 0.391. The average molecular weight is 334 g/mol. The molecule has 1 atom stereocenters. The summed E-state index contributed by atoms with van der Waals surface area (Å²) in [5.41, 5.74) is 0. The first-order chi connectivity index (χ1) is 10.8. The van der Waals surface area contributed by atoms with Crippen LogP contribution in [0.25, 0.3) is 0 Å². The van der Waals surface area contributed by atoms with Crippen LogP contribution in [0.2, 0.25) is 0 Å². The van der Waals surface area contributed by atoms with E-state index in [9.17, 15) is 22.8 Å². The number of amides is 1. The summed E-state index contributed by atoms with van der Waals surface area (Å²) in [6.45, 7) is 0.183. The van der Waals surface area contributed by atoms with E-state index >= 15 is 0 Å². The highest BCUT2D eigenvalue weighted by Gasteiger charge is 2.42. The molecule has 3 heterocycles. The van der Waals surface area contributed by atoms with Gasteiger partial charge >= 0.3 is 11.9 Å². The standard InChI is InChI=1S/C13H17F3N4O3/c14-13(15,16)7-19-3-1-2-9(19)11(21)20-5-8(6-20)4-10-17-12(22)23-18-10/h8-9H,1-7H2,(H,17,18,22)/t9-/m0/s1. The van der Waals surface area contributed by atoms with E-state index in [4.69, 9.17) is 0 Å². The van der Waals surface area contributed by atoms with Gasteiger partial charge in [0.1, 0.15) is 0 Å². The van der Waals surface area contributed by atoms with Crippen LogP contribution in [0, 0.1) is 5.92 Å². The largest absolute Gasteiger partial charge is 0.438 e. The fourth-order valence-electron chi connectivity index (χ4n) is 3.24. The van der Waals surface area contributed by atoms with Crippen molar-refractivity contribution in [3.63, 3.8) is 0 Å². The van der Waals surface area contributed by atoms with Gasteiger partial charge in [0.25, 0.3) is 0 Å². The van der Waals surface area contributed by atoms with Crippen molar-refractivity contribution in [3.8, 4) is 0 Å². The van der Waals surface area contributed by atoms with Crippen LogP contribution in [0.5, 0.6) is 0 Å². The van der Waals surface area contributed by atoms with E-state index in [2.05, 4.69) is 14.7 Å². The number of carbonyl (C=O) groups excluding carboxylic acids is 1. The van der Waals surface area contributed by atoms with E-state index < -0.39 is 24.5 Å². The maximum Gasteiger partial charge on any atom is 0.438 e. The third-order valence-electron chi connectivity index (χ3n) is 4.27. The summed E-state index contributed by atoms with van der Waals surface area (Å²) in [5, 5.41) is 3.56. The summed E-state index contributed by atoms with van der Waals surface area (Å²) in [7, 11) is 0. The Balaban J connectivity index is 1.50. The summed E-state index contributed by atoms with van der Waals surface area (Å²) in [6, 6.07) is -0.676. The van der Waals surface area contributed by atoms with E-state index in [1.165, 1.54) is 4.90 Å². The van der Waals surface area contributed by atoms with Gasteiger partial charge in [0.15, 0.2) is 5.82 Å². The minimum Gasteiger partial charge on any atom is -0.341 e. The number of aromatic amines is 1. The van der Waals surface area contributed by atoms with Gasteiger partial charge < -0.3 is 4.90 Å². The van der Waals surface area contributed by atoms with E-state index in [-0.39, 0.29) is 11.8 Å². The highest BCUT2D eigenvalue weighted by molar-refractivity contribution is 5.83. The Morgan fingerprint density at radius 3 is 2.74 bits per heavy atom. The van der Waals surface area contributed by atoms with Crippen LogP contribution in [-0.4, -0.2) is 64.2 Å². The van der Waals surface area contributed by atoms with Crippen LogP contribution in [-0.2, 0) is 11.2 Å². The molecule has 0 spiro atoms. The van der Waals surface area contributed by atoms with Crippen LogP contribution >= 0.6 is 0 Å². The topological polar surface area (TPSA) is 82.4 Å². The fourth-order valence-corrected chi connectivity index (χ4v) is 3.24. The Labute approximate surface area is 129 Å². The Hall–Kier alpha value is -1.84. The maximum atomic E-state index is 12.5. The second kappa shape index (κ2) is 5.99. The van der Waals surface area contributed by atoms with Gasteiger partial charge in [0.05, 0.1) is 12.6 Å². The molecule has 3 rings (SSSR count). The SMILES string of the molecule is O=C([C@@H]1CCCN1CC(F)(F)F)N1CC(Cc2noc(=O)[nH]2)C1. The molecule has 2 aliphatic rings. The Kier molecular flexibility index (Phi) is 4.17. The lowest BCUT2D eigenvalue weighted by Gasteiger charge is -2.41. The first-order valence-corrected chi connectivity index (χ1v) is 7.46. The maximum absolute atomic E-state index is 12.5. The second-order valence-corrected chi connectivity index (χ2v) is 6.10. The van der Waals surface area contributed by atoms with Gasteiger partial charge in [0, 0.05) is 25.4 Å². The first kappa shape index (κ1) is 16.0. The molecule has 1 aromatic heterocycles. The zero-order valence-electron chi connectivity index (χ0n) is 12.3. The van der Waals surface area contributed by atoms with Gasteiger partial charge in [-0.05, 0) is 19.4 Å². The predicted molar refractivity (Wildman–Crippen MR) is 71.5 cm³/mol. The zero-order valence-corrected chi connectivity index (χ0v) is 12.3. The normalized spacial score (nSPS) is 23.3. The molecule has 2 saturated heterocycles. The smallest absolute Gasteiger partial charge is 0.341 e. The number of nitrogens with one attached hydrogen (secondary N) is 1. The van der Waals surface area contributed by atoms with E-state index in [1.54, 1.807) is 4.90 Å². The lowest BCUT2D eigenvalue weighted by Crippen LogP contribution is -2.57. The minimum absolute atomic E-state index is 0.136. The Morgan fingerprint density at radius 1 is 1.39 bits per heavy atom. The quantitative estimate of drug-likeness (QED) is 0.861. The molecule has 23 heavy (non-hydrogen) atoms. The number of halogens is 3. The molecule has 1 amide bonds. The molecule has 1 aromatic rings. The van der Waals surface area contributed by atoms with Gasteiger partial charge in [-0.1, -0.05) is 5.16 Å². The average Bonchev–Trinajstić information content (AvgIpc) is 3.00. The number of hydrogen-bond donors (Lipinski definition) is 1. The number of likely N-dealkylation sites (tertiary alicyclic amines) is 2. The number of carbonyl (C=O) groups is 1.